The van der Waals surface area contributed by atoms with Gasteiger partial charge in [-0.2, -0.15) is 23.0 Å². The van der Waals surface area contributed by atoms with E-state index in [9.17, 15) is 22.8 Å². The minimum Gasteiger partial charge on any atom is -0.478 e. The Hall–Kier alpha value is -4.71. The molecular formula is C27H19ClF3N3O6. The maximum atomic E-state index is 13.7. The number of hydrogen-bond donors (Lipinski definition) is 1. The number of hydrogen-bond acceptors (Lipinski definition) is 6. The summed E-state index contributed by atoms with van der Waals surface area (Å²) in [6, 6.07) is 16.4. The van der Waals surface area contributed by atoms with E-state index in [0.29, 0.717) is 22.7 Å². The molecular weight excluding hydrogens is 555 g/mol. The summed E-state index contributed by atoms with van der Waals surface area (Å²) in [5, 5.41) is 11.9. The molecule has 0 saturated carbocycles. The molecule has 2 heterocycles. The van der Waals surface area contributed by atoms with Crippen LogP contribution >= 0.6 is 11.6 Å². The molecule has 5 rings (SSSR count). The third kappa shape index (κ3) is 5.25. The van der Waals surface area contributed by atoms with E-state index in [-0.39, 0.29) is 30.2 Å². The third-order valence-corrected chi connectivity index (χ3v) is 6.36. The lowest BCUT2D eigenvalue weighted by Crippen LogP contribution is -2.26. The van der Waals surface area contributed by atoms with Crippen molar-refractivity contribution in [3.63, 3.8) is 0 Å². The molecule has 1 aromatic heterocycles. The van der Waals surface area contributed by atoms with Gasteiger partial charge in [-0.3, -0.25) is 4.79 Å². The highest BCUT2D eigenvalue weighted by Crippen LogP contribution is 2.41. The number of carboxylic acid groups (broad SMARTS) is 1. The number of alkyl halides is 3. The van der Waals surface area contributed by atoms with Gasteiger partial charge in [0, 0.05) is 24.4 Å². The molecule has 0 atom stereocenters. The molecule has 1 N–H and O–H groups in total. The summed E-state index contributed by atoms with van der Waals surface area (Å²) < 4.78 is 58.2. The highest BCUT2D eigenvalue weighted by atomic mass is 35.5. The fraction of sp³-hybridized carbons (Fsp3) is 0.148. The van der Waals surface area contributed by atoms with Gasteiger partial charge in [-0.1, -0.05) is 29.8 Å². The minimum atomic E-state index is -4.88. The van der Waals surface area contributed by atoms with Gasteiger partial charge < -0.3 is 24.2 Å². The van der Waals surface area contributed by atoms with Gasteiger partial charge >= 0.3 is 12.1 Å². The zero-order valence-corrected chi connectivity index (χ0v) is 21.4. The Morgan fingerprint density at radius 1 is 1.05 bits per heavy atom. The number of carbonyl (C=O) groups is 2. The molecule has 40 heavy (non-hydrogen) atoms. The molecule has 206 valence electrons. The molecule has 9 nitrogen and oxygen atoms in total. The number of nitrogens with zero attached hydrogens (tertiary/aromatic N) is 3. The lowest BCUT2D eigenvalue weighted by atomic mass is 10.1. The predicted octanol–water partition coefficient (Wildman–Crippen LogP) is 5.83. The maximum Gasteiger partial charge on any atom is 0.436 e. The van der Waals surface area contributed by atoms with Crippen molar-refractivity contribution in [3.8, 4) is 23.1 Å². The normalized spacial score (nSPS) is 12.3. The molecule has 0 saturated heterocycles. The van der Waals surface area contributed by atoms with E-state index in [2.05, 4.69) is 5.10 Å². The van der Waals surface area contributed by atoms with E-state index in [1.54, 1.807) is 25.2 Å². The first-order chi connectivity index (χ1) is 19.0. The van der Waals surface area contributed by atoms with Crippen LogP contribution in [0.5, 0.6) is 17.4 Å². The van der Waals surface area contributed by atoms with E-state index in [1.807, 2.05) is 0 Å². The summed E-state index contributed by atoms with van der Waals surface area (Å²) >= 11 is 6.07. The van der Waals surface area contributed by atoms with E-state index in [4.69, 9.17) is 30.9 Å². The summed E-state index contributed by atoms with van der Waals surface area (Å²) in [4.78, 5) is 25.7. The number of anilines is 1. The van der Waals surface area contributed by atoms with Crippen LogP contribution in [0.1, 0.15) is 32.0 Å². The SMILES string of the molecule is CN(C(=O)c1cccc(-n2nc(C(F)(F)F)c(Cl)c2OCc2ccc(C(=O)O)cc2)c1)c1ccc2c(c1)OCO2. The van der Waals surface area contributed by atoms with Crippen LogP contribution in [0.2, 0.25) is 5.02 Å². The van der Waals surface area contributed by atoms with Gasteiger partial charge in [0.1, 0.15) is 11.6 Å². The number of benzene rings is 3. The molecule has 0 spiro atoms. The van der Waals surface area contributed by atoms with Gasteiger partial charge in [0.25, 0.3) is 5.91 Å². The van der Waals surface area contributed by atoms with Crippen LogP contribution < -0.4 is 19.1 Å². The molecule has 1 aliphatic rings. The van der Waals surface area contributed by atoms with Crippen LogP contribution in [0.3, 0.4) is 0 Å². The second kappa shape index (κ2) is 10.5. The van der Waals surface area contributed by atoms with Crippen LogP contribution in [0.15, 0.2) is 66.7 Å². The van der Waals surface area contributed by atoms with Crippen molar-refractivity contribution in [1.29, 1.82) is 0 Å². The number of fused-ring (bicyclic) bond motifs is 1. The highest BCUT2D eigenvalue weighted by molar-refractivity contribution is 6.32. The number of amides is 1. The van der Waals surface area contributed by atoms with Crippen molar-refractivity contribution in [2.24, 2.45) is 0 Å². The van der Waals surface area contributed by atoms with E-state index in [0.717, 1.165) is 4.68 Å². The van der Waals surface area contributed by atoms with Crippen molar-refractivity contribution < 1.29 is 42.1 Å². The first-order valence-electron chi connectivity index (χ1n) is 11.6. The number of aromatic nitrogens is 2. The second-order valence-corrected chi connectivity index (χ2v) is 9.00. The van der Waals surface area contributed by atoms with Crippen molar-refractivity contribution in [1.82, 2.24) is 9.78 Å². The van der Waals surface area contributed by atoms with E-state index < -0.39 is 34.6 Å². The summed E-state index contributed by atoms with van der Waals surface area (Å²) in [6.07, 6.45) is -4.88. The number of halogens is 4. The third-order valence-electron chi connectivity index (χ3n) is 6.02. The molecule has 0 aliphatic carbocycles. The van der Waals surface area contributed by atoms with Gasteiger partial charge in [-0.25, -0.2) is 4.79 Å². The number of rotatable bonds is 7. The van der Waals surface area contributed by atoms with Crippen molar-refractivity contribution >= 4 is 29.2 Å². The maximum absolute atomic E-state index is 13.7. The molecule has 0 unspecified atom stereocenters. The molecule has 0 fully saturated rings. The van der Waals surface area contributed by atoms with Gasteiger partial charge in [0.15, 0.2) is 17.2 Å². The lowest BCUT2D eigenvalue weighted by Gasteiger charge is -2.18. The van der Waals surface area contributed by atoms with Crippen LogP contribution in [-0.2, 0) is 12.8 Å². The number of aromatic carboxylic acids is 1. The zero-order chi connectivity index (χ0) is 28.6. The van der Waals surface area contributed by atoms with Gasteiger partial charge in [0.05, 0.1) is 11.3 Å². The van der Waals surface area contributed by atoms with E-state index in [1.165, 1.54) is 53.4 Å². The Kier molecular flexibility index (Phi) is 7.03. The largest absolute Gasteiger partial charge is 0.478 e. The summed E-state index contributed by atoms with van der Waals surface area (Å²) in [5.74, 6) is -0.938. The molecule has 1 amide bonds. The van der Waals surface area contributed by atoms with E-state index >= 15 is 0 Å². The average molecular weight is 574 g/mol. The standard InChI is InChI=1S/C27H19ClF3N3O6/c1-33(18-9-10-20-21(12-18)40-14-39-20)24(35)17-3-2-4-19(11-17)34-25(22(28)23(32-34)27(29,30)31)38-13-15-5-7-16(8-6-15)26(36)37/h2-12H,13-14H2,1H3,(H,36,37). The Labute approximate surface area is 229 Å². The quantitative estimate of drug-likeness (QED) is 0.297. The fourth-order valence-corrected chi connectivity index (χ4v) is 4.21. The first kappa shape index (κ1) is 26.9. The molecule has 3 aromatic carbocycles. The summed E-state index contributed by atoms with van der Waals surface area (Å²) in [5.41, 5.74) is -0.0691. The Morgan fingerprint density at radius 3 is 2.48 bits per heavy atom. The monoisotopic (exact) mass is 573 g/mol. The molecule has 0 radical (unpaired) electrons. The van der Waals surface area contributed by atoms with Crippen LogP contribution in [-0.4, -0.2) is 40.6 Å². The summed E-state index contributed by atoms with van der Waals surface area (Å²) in [7, 11) is 1.54. The highest BCUT2D eigenvalue weighted by Gasteiger charge is 2.40. The van der Waals surface area contributed by atoms with Crippen LogP contribution in [0, 0.1) is 0 Å². The number of ether oxygens (including phenoxy) is 3. The van der Waals surface area contributed by atoms with Crippen molar-refractivity contribution in [2.75, 3.05) is 18.7 Å². The summed E-state index contributed by atoms with van der Waals surface area (Å²) in [6.45, 7) is -0.156. The number of carboxylic acids is 1. The Bertz CT molecular complexity index is 1600. The first-order valence-corrected chi connectivity index (χ1v) is 12.0. The predicted molar refractivity (Wildman–Crippen MR) is 137 cm³/mol. The Balaban J connectivity index is 1.45. The van der Waals surface area contributed by atoms with Crippen molar-refractivity contribution in [3.05, 3.63) is 94.1 Å². The van der Waals surface area contributed by atoms with Crippen molar-refractivity contribution in [2.45, 2.75) is 12.8 Å². The smallest absolute Gasteiger partial charge is 0.436 e. The van der Waals surface area contributed by atoms with Gasteiger partial charge in [-0.15, -0.1) is 0 Å². The topological polar surface area (TPSA) is 103 Å². The van der Waals surface area contributed by atoms with Crippen LogP contribution in [0.25, 0.3) is 5.69 Å². The fourth-order valence-electron chi connectivity index (χ4n) is 3.93. The zero-order valence-electron chi connectivity index (χ0n) is 20.6. The molecule has 0 bridgehead atoms. The molecule has 1 aliphatic heterocycles. The lowest BCUT2D eigenvalue weighted by molar-refractivity contribution is -0.141. The number of carbonyl (C=O) groups excluding carboxylic acids is 1. The second-order valence-electron chi connectivity index (χ2n) is 8.62. The Morgan fingerprint density at radius 2 is 1.77 bits per heavy atom. The average Bonchev–Trinajstić information content (AvgIpc) is 3.55. The molecule has 4 aromatic rings. The van der Waals surface area contributed by atoms with Gasteiger partial charge in [0.2, 0.25) is 12.7 Å². The minimum absolute atomic E-state index is 0.0402. The van der Waals surface area contributed by atoms with Crippen LogP contribution in [0.4, 0.5) is 18.9 Å². The van der Waals surface area contributed by atoms with Gasteiger partial charge in [-0.05, 0) is 48.0 Å². The molecule has 13 heteroatoms.